The molecule has 7 heteroatoms. The van der Waals surface area contributed by atoms with Crippen molar-refractivity contribution in [1.82, 2.24) is 20.1 Å². The molecule has 1 saturated heterocycles. The van der Waals surface area contributed by atoms with Crippen molar-refractivity contribution >= 4 is 17.8 Å². The molecule has 0 saturated carbocycles. The highest BCUT2D eigenvalue weighted by molar-refractivity contribution is 6.07. The zero-order chi connectivity index (χ0) is 16.4. The van der Waals surface area contributed by atoms with Gasteiger partial charge in [0.1, 0.15) is 5.54 Å². The molecule has 1 fully saturated rings. The standard InChI is InChI=1S/C16H21N5O2/c1-20(2)15-18-14(23)16(19-15)6-9-21(10-7-16)13(22)11-12-5-3-4-8-17-12/h3-5,8H,6-7,9-11H2,1-2H3,(H,18,19,23). The minimum atomic E-state index is -0.707. The number of carbonyl (C=O) groups excluding carboxylic acids is 2. The number of aliphatic imine (C=N–C) groups is 1. The lowest BCUT2D eigenvalue weighted by Gasteiger charge is -2.35. The van der Waals surface area contributed by atoms with Crippen molar-refractivity contribution in [2.75, 3.05) is 27.2 Å². The molecule has 3 heterocycles. The van der Waals surface area contributed by atoms with Crippen molar-refractivity contribution < 1.29 is 9.59 Å². The molecular weight excluding hydrogens is 294 g/mol. The van der Waals surface area contributed by atoms with Gasteiger partial charge >= 0.3 is 0 Å². The topological polar surface area (TPSA) is 77.9 Å². The first-order valence-electron chi connectivity index (χ1n) is 7.76. The van der Waals surface area contributed by atoms with Crippen LogP contribution in [0.2, 0.25) is 0 Å². The van der Waals surface area contributed by atoms with Gasteiger partial charge in [-0.2, -0.15) is 0 Å². The Balaban J connectivity index is 1.62. The second-order valence-electron chi connectivity index (χ2n) is 6.19. The summed E-state index contributed by atoms with van der Waals surface area (Å²) in [5.74, 6) is 0.593. The molecule has 2 aliphatic heterocycles. The van der Waals surface area contributed by atoms with Crippen molar-refractivity contribution in [2.45, 2.75) is 24.8 Å². The molecule has 0 unspecified atom stereocenters. The van der Waals surface area contributed by atoms with Crippen molar-refractivity contribution in [3.8, 4) is 0 Å². The largest absolute Gasteiger partial charge is 0.349 e. The number of aromatic nitrogens is 1. The molecule has 2 aliphatic rings. The second kappa shape index (κ2) is 5.98. The number of guanidine groups is 1. The van der Waals surface area contributed by atoms with E-state index in [0.29, 0.717) is 38.3 Å². The summed E-state index contributed by atoms with van der Waals surface area (Å²) < 4.78 is 0. The molecule has 7 nitrogen and oxygen atoms in total. The van der Waals surface area contributed by atoms with Gasteiger partial charge in [0.05, 0.1) is 6.42 Å². The molecule has 1 N–H and O–H groups in total. The maximum atomic E-state index is 12.4. The second-order valence-corrected chi connectivity index (χ2v) is 6.19. The molecule has 122 valence electrons. The Kier molecular flexibility index (Phi) is 4.02. The Morgan fingerprint density at radius 3 is 2.65 bits per heavy atom. The normalized spacial score (nSPS) is 19.5. The summed E-state index contributed by atoms with van der Waals surface area (Å²) in [5, 5.41) is 2.82. The van der Waals surface area contributed by atoms with E-state index in [2.05, 4.69) is 15.3 Å². The molecule has 1 aromatic heterocycles. The van der Waals surface area contributed by atoms with Gasteiger partial charge in [0, 0.05) is 39.1 Å². The van der Waals surface area contributed by atoms with E-state index in [-0.39, 0.29) is 11.8 Å². The number of rotatable bonds is 2. The molecule has 0 aromatic carbocycles. The number of pyridine rings is 1. The predicted octanol–water partition coefficient (Wildman–Crippen LogP) is 0.0327. The van der Waals surface area contributed by atoms with Crippen molar-refractivity contribution in [1.29, 1.82) is 0 Å². The zero-order valence-corrected chi connectivity index (χ0v) is 13.5. The van der Waals surface area contributed by atoms with Gasteiger partial charge in [0.25, 0.3) is 5.91 Å². The van der Waals surface area contributed by atoms with Gasteiger partial charge in [-0.3, -0.25) is 19.9 Å². The molecule has 0 bridgehead atoms. The third-order valence-corrected chi connectivity index (χ3v) is 4.39. The summed E-state index contributed by atoms with van der Waals surface area (Å²) in [5.41, 5.74) is 0.0609. The maximum Gasteiger partial charge on any atom is 0.254 e. The van der Waals surface area contributed by atoms with Crippen LogP contribution in [0, 0.1) is 0 Å². The smallest absolute Gasteiger partial charge is 0.254 e. The number of carbonyl (C=O) groups is 2. The summed E-state index contributed by atoms with van der Waals surface area (Å²) >= 11 is 0. The monoisotopic (exact) mass is 315 g/mol. The lowest BCUT2D eigenvalue weighted by atomic mass is 9.88. The lowest BCUT2D eigenvalue weighted by Crippen LogP contribution is -2.51. The highest BCUT2D eigenvalue weighted by Gasteiger charge is 2.46. The Hall–Kier alpha value is -2.44. The van der Waals surface area contributed by atoms with Crippen LogP contribution in [0.3, 0.4) is 0 Å². The van der Waals surface area contributed by atoms with Gasteiger partial charge in [-0.25, -0.2) is 4.99 Å². The fraction of sp³-hybridized carbons (Fsp3) is 0.500. The molecule has 2 amide bonds. The summed E-state index contributed by atoms with van der Waals surface area (Å²) in [7, 11) is 3.70. The number of hydrogen-bond acceptors (Lipinski definition) is 5. The van der Waals surface area contributed by atoms with Crippen LogP contribution in [0.4, 0.5) is 0 Å². The Bertz CT molecular complexity index is 633. The van der Waals surface area contributed by atoms with E-state index in [1.165, 1.54) is 0 Å². The Morgan fingerprint density at radius 1 is 1.35 bits per heavy atom. The molecule has 23 heavy (non-hydrogen) atoms. The number of nitrogens with one attached hydrogen (secondary N) is 1. The average molecular weight is 315 g/mol. The molecular formula is C16H21N5O2. The minimum absolute atomic E-state index is 0.0498. The average Bonchev–Trinajstić information content (AvgIpc) is 2.86. The van der Waals surface area contributed by atoms with Crippen LogP contribution in [0.15, 0.2) is 29.4 Å². The van der Waals surface area contributed by atoms with E-state index >= 15 is 0 Å². The van der Waals surface area contributed by atoms with E-state index in [1.807, 2.05) is 32.3 Å². The van der Waals surface area contributed by atoms with Gasteiger partial charge in [-0.05, 0) is 25.0 Å². The molecule has 1 aromatic rings. The Labute approximate surface area is 135 Å². The van der Waals surface area contributed by atoms with Gasteiger partial charge in [0.15, 0.2) is 0 Å². The summed E-state index contributed by atoms with van der Waals surface area (Å²) in [6.45, 7) is 1.09. The number of likely N-dealkylation sites (tertiary alicyclic amines) is 1. The lowest BCUT2D eigenvalue weighted by molar-refractivity contribution is -0.135. The summed E-state index contributed by atoms with van der Waals surface area (Å²) in [4.78, 5) is 37.0. The van der Waals surface area contributed by atoms with Gasteiger partial charge < -0.3 is 9.80 Å². The highest BCUT2D eigenvalue weighted by Crippen LogP contribution is 2.30. The first-order valence-corrected chi connectivity index (χ1v) is 7.76. The SMILES string of the molecule is CN(C)C1=NC2(CCN(C(=O)Cc3ccccn3)CC2)C(=O)N1. The summed E-state index contributed by atoms with van der Waals surface area (Å²) in [6.07, 6.45) is 3.11. The fourth-order valence-corrected chi connectivity index (χ4v) is 2.95. The molecule has 0 radical (unpaired) electrons. The molecule has 1 spiro atoms. The maximum absolute atomic E-state index is 12.4. The predicted molar refractivity (Wildman–Crippen MR) is 85.8 cm³/mol. The van der Waals surface area contributed by atoms with Crippen molar-refractivity contribution in [3.05, 3.63) is 30.1 Å². The minimum Gasteiger partial charge on any atom is -0.349 e. The van der Waals surface area contributed by atoms with Crippen LogP contribution in [0.25, 0.3) is 0 Å². The highest BCUT2D eigenvalue weighted by atomic mass is 16.2. The van der Waals surface area contributed by atoms with E-state index in [0.717, 1.165) is 5.69 Å². The van der Waals surface area contributed by atoms with Crippen LogP contribution >= 0.6 is 0 Å². The number of amides is 2. The van der Waals surface area contributed by atoms with Crippen LogP contribution in [0.1, 0.15) is 18.5 Å². The van der Waals surface area contributed by atoms with Crippen LogP contribution in [-0.2, 0) is 16.0 Å². The van der Waals surface area contributed by atoms with Crippen molar-refractivity contribution in [2.24, 2.45) is 4.99 Å². The first kappa shape index (κ1) is 15.5. The van der Waals surface area contributed by atoms with Gasteiger partial charge in [0.2, 0.25) is 11.9 Å². The molecule has 3 rings (SSSR count). The Morgan fingerprint density at radius 2 is 2.09 bits per heavy atom. The van der Waals surface area contributed by atoms with E-state index in [4.69, 9.17) is 0 Å². The van der Waals surface area contributed by atoms with Gasteiger partial charge in [-0.1, -0.05) is 6.07 Å². The van der Waals surface area contributed by atoms with E-state index in [9.17, 15) is 9.59 Å². The van der Waals surface area contributed by atoms with E-state index in [1.54, 1.807) is 16.0 Å². The van der Waals surface area contributed by atoms with Crippen LogP contribution in [0.5, 0.6) is 0 Å². The third kappa shape index (κ3) is 3.04. The quantitative estimate of drug-likeness (QED) is 0.835. The summed E-state index contributed by atoms with van der Waals surface area (Å²) in [6, 6.07) is 5.56. The fourth-order valence-electron chi connectivity index (χ4n) is 2.95. The molecule has 0 atom stereocenters. The van der Waals surface area contributed by atoms with Gasteiger partial charge in [-0.15, -0.1) is 0 Å². The first-order chi connectivity index (χ1) is 11.0. The van der Waals surface area contributed by atoms with Crippen LogP contribution < -0.4 is 5.32 Å². The zero-order valence-electron chi connectivity index (χ0n) is 13.5. The van der Waals surface area contributed by atoms with E-state index < -0.39 is 5.54 Å². The third-order valence-electron chi connectivity index (χ3n) is 4.39. The number of nitrogens with zero attached hydrogens (tertiary/aromatic N) is 4. The molecule has 0 aliphatic carbocycles. The number of piperidine rings is 1. The van der Waals surface area contributed by atoms with Crippen LogP contribution in [-0.4, -0.2) is 65.3 Å². The number of hydrogen-bond donors (Lipinski definition) is 1. The van der Waals surface area contributed by atoms with Crippen molar-refractivity contribution in [3.63, 3.8) is 0 Å².